The Morgan fingerprint density at radius 3 is 1.24 bits per heavy atom. The van der Waals surface area contributed by atoms with Gasteiger partial charge in [-0.3, -0.25) is 0 Å². The molecule has 5 aromatic rings. The molecule has 0 bridgehead atoms. The molecule has 0 aliphatic carbocycles. The Labute approximate surface area is 170 Å². The van der Waals surface area contributed by atoms with E-state index < -0.39 is 0 Å². The fraction of sp³-hybridized carbons (Fsp3) is 0.0769. The first-order chi connectivity index (χ1) is 14.4. The maximum absolute atomic E-state index is 3.75. The lowest BCUT2D eigenvalue weighted by atomic mass is 9.92. The van der Waals surface area contributed by atoms with Crippen molar-refractivity contribution in [2.45, 2.75) is 11.8 Å². The zero-order chi connectivity index (χ0) is 19.5. The van der Waals surface area contributed by atoms with Crippen molar-refractivity contribution < 1.29 is 0 Å². The van der Waals surface area contributed by atoms with E-state index in [0.29, 0.717) is 0 Å². The topological polar surface area (TPSA) is 47.4 Å². The van der Waals surface area contributed by atoms with E-state index in [1.165, 1.54) is 33.9 Å². The van der Waals surface area contributed by atoms with Gasteiger partial charge in [0.05, 0.1) is 11.8 Å². The summed E-state index contributed by atoms with van der Waals surface area (Å²) >= 11 is 0. The second-order valence-corrected chi connectivity index (χ2v) is 7.31. The van der Waals surface area contributed by atoms with Crippen molar-refractivity contribution in [3.8, 4) is 0 Å². The van der Waals surface area contributed by atoms with Gasteiger partial charge in [0.2, 0.25) is 0 Å². The molecule has 3 nitrogen and oxygen atoms in total. The van der Waals surface area contributed by atoms with Crippen molar-refractivity contribution in [1.29, 1.82) is 0 Å². The van der Waals surface area contributed by atoms with Gasteiger partial charge in [-0.25, -0.2) is 0 Å². The zero-order valence-electron chi connectivity index (χ0n) is 16.0. The summed E-state index contributed by atoms with van der Waals surface area (Å²) in [5.41, 5.74) is 7.25. The molecule has 2 unspecified atom stereocenters. The summed E-state index contributed by atoms with van der Waals surface area (Å²) < 4.78 is 0. The summed E-state index contributed by atoms with van der Waals surface area (Å²) in [5, 5.41) is 0. The summed E-state index contributed by atoms with van der Waals surface area (Å²) in [6.07, 6.45) is 3.97. The highest BCUT2D eigenvalue weighted by atomic mass is 14.8. The third kappa shape index (κ3) is 3.43. The van der Waals surface area contributed by atoms with Gasteiger partial charge in [-0.1, -0.05) is 60.7 Å². The molecule has 2 aromatic carbocycles. The molecule has 0 amide bonds. The Hall–Kier alpha value is -3.72. The maximum atomic E-state index is 3.75. The van der Waals surface area contributed by atoms with Crippen LogP contribution in [0.25, 0.3) is 0 Å². The van der Waals surface area contributed by atoms with Gasteiger partial charge in [0.15, 0.2) is 0 Å². The molecule has 0 radical (unpaired) electrons. The van der Waals surface area contributed by atoms with Crippen LogP contribution in [0, 0.1) is 0 Å². The van der Waals surface area contributed by atoms with Gasteiger partial charge in [-0.05, 0) is 47.5 Å². The molecule has 3 heterocycles. The average molecular weight is 377 g/mol. The summed E-state index contributed by atoms with van der Waals surface area (Å²) in [6.45, 7) is 0. The molecule has 3 aromatic heterocycles. The molecule has 142 valence electrons. The van der Waals surface area contributed by atoms with Gasteiger partial charge in [0.25, 0.3) is 0 Å². The third-order valence-corrected chi connectivity index (χ3v) is 5.48. The largest absolute Gasteiger partial charge is 0.364 e. The van der Waals surface area contributed by atoms with Crippen LogP contribution in [-0.2, 0) is 0 Å². The normalized spacial score (nSPS) is 13.2. The van der Waals surface area contributed by atoms with Crippen LogP contribution in [0.1, 0.15) is 45.7 Å². The van der Waals surface area contributed by atoms with E-state index >= 15 is 0 Å². The minimum absolute atomic E-state index is 0.139. The second kappa shape index (κ2) is 7.72. The predicted octanol–water partition coefficient (Wildman–Crippen LogP) is 6.03. The van der Waals surface area contributed by atoms with Crippen molar-refractivity contribution in [1.82, 2.24) is 15.0 Å². The lowest BCUT2D eigenvalue weighted by Crippen LogP contribution is -2.07. The molecule has 3 N–H and O–H groups in total. The molecule has 3 heteroatoms. The van der Waals surface area contributed by atoms with Gasteiger partial charge < -0.3 is 15.0 Å². The van der Waals surface area contributed by atoms with E-state index in [4.69, 9.17) is 0 Å². The first kappa shape index (κ1) is 17.4. The average Bonchev–Trinajstić information content (AvgIpc) is 3.54. The minimum Gasteiger partial charge on any atom is -0.364 e. The van der Waals surface area contributed by atoms with Crippen LogP contribution in [-0.4, -0.2) is 15.0 Å². The molecule has 0 spiro atoms. The SMILES string of the molecule is c1ccc(C(c2ccc[nH]2)c2ccc(C(c3ccccc3)c3ccc[nH]3)[nH]2)cc1. The Morgan fingerprint density at radius 2 is 0.862 bits per heavy atom. The lowest BCUT2D eigenvalue weighted by molar-refractivity contribution is 0.851. The quantitative estimate of drug-likeness (QED) is 0.323. The third-order valence-electron chi connectivity index (χ3n) is 5.48. The second-order valence-electron chi connectivity index (χ2n) is 7.31. The number of hydrogen-bond donors (Lipinski definition) is 3. The predicted molar refractivity (Wildman–Crippen MR) is 117 cm³/mol. The van der Waals surface area contributed by atoms with Crippen molar-refractivity contribution in [2.24, 2.45) is 0 Å². The summed E-state index contributed by atoms with van der Waals surface area (Å²) in [7, 11) is 0. The Kier molecular flexibility index (Phi) is 4.63. The Morgan fingerprint density at radius 1 is 0.414 bits per heavy atom. The van der Waals surface area contributed by atoms with Crippen LogP contribution in [0.15, 0.2) is 109 Å². The van der Waals surface area contributed by atoms with E-state index in [0.717, 1.165) is 0 Å². The standard InChI is InChI=1S/C26H23N3/c1-3-9-19(10-4-1)25(21-13-7-17-27-21)23-15-16-24(29-23)26(22-14-8-18-28-22)20-11-5-2-6-12-20/h1-18,25-29H. The van der Waals surface area contributed by atoms with Crippen LogP contribution in [0.3, 0.4) is 0 Å². The van der Waals surface area contributed by atoms with E-state index in [1.54, 1.807) is 0 Å². The first-order valence-corrected chi connectivity index (χ1v) is 9.95. The Bertz CT molecular complexity index is 1050. The van der Waals surface area contributed by atoms with Crippen LogP contribution >= 0.6 is 0 Å². The lowest BCUT2D eigenvalue weighted by Gasteiger charge is -2.18. The summed E-state index contributed by atoms with van der Waals surface area (Å²) in [4.78, 5) is 10.6. The molecule has 0 saturated carbocycles. The molecule has 0 aliphatic heterocycles. The monoisotopic (exact) mass is 377 g/mol. The van der Waals surface area contributed by atoms with E-state index in [2.05, 4.69) is 112 Å². The molecule has 2 atom stereocenters. The van der Waals surface area contributed by atoms with Gasteiger partial charge in [-0.2, -0.15) is 0 Å². The van der Waals surface area contributed by atoms with Crippen LogP contribution in [0.5, 0.6) is 0 Å². The molecule has 5 rings (SSSR count). The molecule has 0 aliphatic rings. The van der Waals surface area contributed by atoms with E-state index in [-0.39, 0.29) is 11.8 Å². The number of H-pyrrole nitrogens is 3. The van der Waals surface area contributed by atoms with Crippen LogP contribution < -0.4 is 0 Å². The molecular weight excluding hydrogens is 354 g/mol. The summed E-state index contributed by atoms with van der Waals surface area (Å²) in [6, 6.07) is 34.1. The molecule has 0 saturated heterocycles. The van der Waals surface area contributed by atoms with Crippen molar-refractivity contribution in [3.63, 3.8) is 0 Å². The smallest absolute Gasteiger partial charge is 0.0641 e. The fourth-order valence-electron chi connectivity index (χ4n) is 4.16. The summed E-state index contributed by atoms with van der Waals surface area (Å²) in [5.74, 6) is 0.278. The van der Waals surface area contributed by atoms with E-state index in [1.807, 2.05) is 12.4 Å². The first-order valence-electron chi connectivity index (χ1n) is 9.95. The number of benzene rings is 2. The van der Waals surface area contributed by atoms with Gasteiger partial charge in [-0.15, -0.1) is 0 Å². The van der Waals surface area contributed by atoms with Crippen LogP contribution in [0.4, 0.5) is 0 Å². The number of aromatic amines is 3. The highest BCUT2D eigenvalue weighted by Crippen LogP contribution is 2.35. The zero-order valence-corrected chi connectivity index (χ0v) is 16.0. The number of rotatable bonds is 6. The van der Waals surface area contributed by atoms with Crippen molar-refractivity contribution in [3.05, 3.63) is 143 Å². The van der Waals surface area contributed by atoms with Gasteiger partial charge in [0.1, 0.15) is 0 Å². The van der Waals surface area contributed by atoms with Crippen LogP contribution in [0.2, 0.25) is 0 Å². The molecule has 0 fully saturated rings. The number of hydrogen-bond acceptors (Lipinski definition) is 0. The Balaban J connectivity index is 1.59. The van der Waals surface area contributed by atoms with Crippen molar-refractivity contribution in [2.75, 3.05) is 0 Å². The highest BCUT2D eigenvalue weighted by molar-refractivity contribution is 5.43. The molecular formula is C26H23N3. The van der Waals surface area contributed by atoms with E-state index in [9.17, 15) is 0 Å². The number of aromatic nitrogens is 3. The maximum Gasteiger partial charge on any atom is 0.0641 e. The van der Waals surface area contributed by atoms with Gasteiger partial charge in [0, 0.05) is 35.2 Å². The minimum atomic E-state index is 0.139. The number of nitrogens with one attached hydrogen (secondary N) is 3. The highest BCUT2D eigenvalue weighted by Gasteiger charge is 2.23. The molecule has 29 heavy (non-hydrogen) atoms. The fourth-order valence-corrected chi connectivity index (χ4v) is 4.16. The van der Waals surface area contributed by atoms with Crippen molar-refractivity contribution >= 4 is 0 Å². The van der Waals surface area contributed by atoms with Gasteiger partial charge >= 0.3 is 0 Å².